The summed E-state index contributed by atoms with van der Waals surface area (Å²) in [4.78, 5) is 3.84. The van der Waals surface area contributed by atoms with Crippen LogP contribution in [0.4, 0.5) is 5.69 Å². The molecule has 1 aromatic carbocycles. The number of benzene rings is 1. The molecule has 5 nitrogen and oxygen atoms in total. The molecule has 7 heteroatoms. The molecule has 0 aliphatic rings. The van der Waals surface area contributed by atoms with Crippen molar-refractivity contribution in [1.82, 2.24) is 4.98 Å². The van der Waals surface area contributed by atoms with Crippen LogP contribution in [0.3, 0.4) is 0 Å². The van der Waals surface area contributed by atoms with Crippen molar-refractivity contribution in [3.63, 3.8) is 0 Å². The fraction of sp³-hybridized carbons (Fsp3) is 0. The number of nitriles is 1. The Bertz CT molecular complexity index is 736. The minimum Gasteiger partial charge on any atom is -0.277 e. The van der Waals surface area contributed by atoms with Gasteiger partial charge >= 0.3 is 0 Å². The van der Waals surface area contributed by atoms with Crippen LogP contribution in [0.2, 0.25) is 5.02 Å². The number of hydrogen-bond acceptors (Lipinski definition) is 4. The Morgan fingerprint density at radius 2 is 1.89 bits per heavy atom. The SMILES string of the molecule is N#Cc1ccc(S(=O)(=O)Nc2cnccc2Cl)cc1. The van der Waals surface area contributed by atoms with Crippen LogP contribution in [0.15, 0.2) is 47.6 Å². The van der Waals surface area contributed by atoms with Crippen molar-refractivity contribution in [2.24, 2.45) is 0 Å². The van der Waals surface area contributed by atoms with E-state index in [1.165, 1.54) is 42.7 Å². The zero-order valence-electron chi connectivity index (χ0n) is 9.54. The zero-order valence-corrected chi connectivity index (χ0v) is 11.1. The summed E-state index contributed by atoms with van der Waals surface area (Å²) in [5, 5.41) is 8.92. The second-order valence-electron chi connectivity index (χ2n) is 3.60. The molecule has 0 amide bonds. The Kier molecular flexibility index (Phi) is 3.69. The topological polar surface area (TPSA) is 82.8 Å². The van der Waals surface area contributed by atoms with Gasteiger partial charge in [0.1, 0.15) is 0 Å². The van der Waals surface area contributed by atoms with E-state index in [0.717, 1.165) is 0 Å². The summed E-state index contributed by atoms with van der Waals surface area (Å²) in [6.07, 6.45) is 2.78. The van der Waals surface area contributed by atoms with E-state index in [1.807, 2.05) is 6.07 Å². The van der Waals surface area contributed by atoms with Gasteiger partial charge in [0.05, 0.1) is 33.4 Å². The molecule has 1 heterocycles. The van der Waals surface area contributed by atoms with Crippen LogP contribution in [-0.4, -0.2) is 13.4 Å². The summed E-state index contributed by atoms with van der Waals surface area (Å²) in [6.45, 7) is 0. The lowest BCUT2D eigenvalue weighted by atomic mass is 10.2. The van der Waals surface area contributed by atoms with Gasteiger partial charge in [-0.1, -0.05) is 11.6 Å². The number of nitrogens with zero attached hydrogens (tertiary/aromatic N) is 2. The van der Waals surface area contributed by atoms with E-state index in [4.69, 9.17) is 16.9 Å². The molecule has 1 N–H and O–H groups in total. The molecule has 1 aromatic heterocycles. The van der Waals surface area contributed by atoms with Crippen molar-refractivity contribution in [2.75, 3.05) is 4.72 Å². The third-order valence-electron chi connectivity index (χ3n) is 2.31. The average molecular weight is 294 g/mol. The van der Waals surface area contributed by atoms with Crippen LogP contribution in [-0.2, 0) is 10.0 Å². The lowest BCUT2D eigenvalue weighted by Gasteiger charge is -2.08. The number of hydrogen-bond donors (Lipinski definition) is 1. The number of aromatic nitrogens is 1. The molecule has 0 saturated heterocycles. The molecule has 0 fully saturated rings. The Morgan fingerprint density at radius 1 is 1.21 bits per heavy atom. The summed E-state index contributed by atoms with van der Waals surface area (Å²) in [5.41, 5.74) is 0.590. The molecule has 96 valence electrons. The molecule has 0 saturated carbocycles. The molecule has 0 bridgehead atoms. The van der Waals surface area contributed by atoms with Crippen molar-refractivity contribution in [3.05, 3.63) is 53.3 Å². The summed E-state index contributed by atoms with van der Waals surface area (Å²) in [7, 11) is -3.74. The van der Waals surface area contributed by atoms with E-state index < -0.39 is 10.0 Å². The standard InChI is InChI=1S/C12H8ClN3O2S/c13-11-5-6-15-8-12(11)16-19(17,18)10-3-1-9(7-14)2-4-10/h1-6,8,16H. The van der Waals surface area contributed by atoms with Crippen molar-refractivity contribution in [1.29, 1.82) is 5.26 Å². The molecule has 2 rings (SSSR count). The highest BCUT2D eigenvalue weighted by Gasteiger charge is 2.15. The first-order valence-corrected chi connectivity index (χ1v) is 7.01. The van der Waals surface area contributed by atoms with Crippen molar-refractivity contribution < 1.29 is 8.42 Å². The van der Waals surface area contributed by atoms with E-state index in [0.29, 0.717) is 5.56 Å². The third-order valence-corrected chi connectivity index (χ3v) is 4.02. The third kappa shape index (κ3) is 3.02. The monoisotopic (exact) mass is 293 g/mol. The predicted octanol–water partition coefficient (Wildman–Crippen LogP) is 2.41. The molecule has 0 spiro atoms. The normalized spacial score (nSPS) is 10.7. The van der Waals surface area contributed by atoms with Crippen LogP contribution in [0.5, 0.6) is 0 Å². The quantitative estimate of drug-likeness (QED) is 0.942. The van der Waals surface area contributed by atoms with Gasteiger partial charge in [-0.2, -0.15) is 5.26 Å². The number of nitrogens with one attached hydrogen (secondary N) is 1. The molecule has 2 aromatic rings. The number of sulfonamides is 1. The molecule has 0 radical (unpaired) electrons. The number of rotatable bonds is 3. The van der Waals surface area contributed by atoms with Gasteiger partial charge in [0.15, 0.2) is 0 Å². The molecular weight excluding hydrogens is 286 g/mol. The van der Waals surface area contributed by atoms with Gasteiger partial charge in [0.2, 0.25) is 0 Å². The van der Waals surface area contributed by atoms with Crippen molar-refractivity contribution in [3.8, 4) is 6.07 Å². The second kappa shape index (κ2) is 5.26. The first kappa shape index (κ1) is 13.3. The predicted molar refractivity (Wildman–Crippen MR) is 71.2 cm³/mol. The van der Waals surface area contributed by atoms with Gasteiger partial charge in [-0.3, -0.25) is 9.71 Å². The lowest BCUT2D eigenvalue weighted by Crippen LogP contribution is -2.13. The fourth-order valence-electron chi connectivity index (χ4n) is 1.36. The largest absolute Gasteiger partial charge is 0.277 e. The molecule has 0 aliphatic heterocycles. The Hall–Kier alpha value is -2.10. The van der Waals surface area contributed by atoms with Gasteiger partial charge in [-0.25, -0.2) is 8.42 Å². The van der Waals surface area contributed by atoms with Crippen LogP contribution in [0.25, 0.3) is 0 Å². The van der Waals surface area contributed by atoms with Gasteiger partial charge < -0.3 is 0 Å². The van der Waals surface area contributed by atoms with Gasteiger partial charge in [-0.05, 0) is 30.3 Å². The Morgan fingerprint density at radius 3 is 2.47 bits per heavy atom. The highest BCUT2D eigenvalue weighted by atomic mass is 35.5. The summed E-state index contributed by atoms with van der Waals surface area (Å²) >= 11 is 5.86. The Balaban J connectivity index is 2.33. The maximum absolute atomic E-state index is 12.1. The fourth-order valence-corrected chi connectivity index (χ4v) is 2.64. The molecule has 0 atom stereocenters. The summed E-state index contributed by atoms with van der Waals surface area (Å²) in [5.74, 6) is 0. The highest BCUT2D eigenvalue weighted by Crippen LogP contribution is 2.22. The lowest BCUT2D eigenvalue weighted by molar-refractivity contribution is 0.601. The minimum absolute atomic E-state index is 0.0476. The Labute approximate surface area is 115 Å². The molecule has 0 unspecified atom stereocenters. The van der Waals surface area contributed by atoms with E-state index in [9.17, 15) is 8.42 Å². The first-order chi connectivity index (χ1) is 9.03. The molecule has 0 aliphatic carbocycles. The summed E-state index contributed by atoms with van der Waals surface area (Å²) in [6, 6.07) is 8.97. The number of pyridine rings is 1. The minimum atomic E-state index is -3.74. The van der Waals surface area contributed by atoms with Gasteiger partial charge in [0.25, 0.3) is 10.0 Å². The van der Waals surface area contributed by atoms with E-state index in [2.05, 4.69) is 9.71 Å². The summed E-state index contributed by atoms with van der Waals surface area (Å²) < 4.78 is 26.5. The van der Waals surface area contributed by atoms with E-state index >= 15 is 0 Å². The van der Waals surface area contributed by atoms with E-state index in [-0.39, 0.29) is 15.6 Å². The molecule has 19 heavy (non-hydrogen) atoms. The van der Waals surface area contributed by atoms with Crippen molar-refractivity contribution >= 4 is 27.3 Å². The van der Waals surface area contributed by atoms with Crippen LogP contribution in [0.1, 0.15) is 5.56 Å². The van der Waals surface area contributed by atoms with Crippen LogP contribution in [0, 0.1) is 11.3 Å². The smallest absolute Gasteiger partial charge is 0.261 e. The molecular formula is C12H8ClN3O2S. The van der Waals surface area contributed by atoms with Gasteiger partial charge in [-0.15, -0.1) is 0 Å². The van der Waals surface area contributed by atoms with Crippen molar-refractivity contribution in [2.45, 2.75) is 4.90 Å². The highest BCUT2D eigenvalue weighted by molar-refractivity contribution is 7.92. The number of anilines is 1. The first-order valence-electron chi connectivity index (χ1n) is 5.15. The zero-order chi connectivity index (χ0) is 13.9. The van der Waals surface area contributed by atoms with Gasteiger partial charge in [0, 0.05) is 6.20 Å². The van der Waals surface area contributed by atoms with E-state index in [1.54, 1.807) is 0 Å². The van der Waals surface area contributed by atoms with Crippen LogP contribution < -0.4 is 4.72 Å². The average Bonchev–Trinajstić information content (AvgIpc) is 2.41. The number of halogens is 1. The second-order valence-corrected chi connectivity index (χ2v) is 5.69. The maximum atomic E-state index is 12.1. The van der Waals surface area contributed by atoms with Crippen LogP contribution >= 0.6 is 11.6 Å². The maximum Gasteiger partial charge on any atom is 0.261 e.